The second-order valence-corrected chi connectivity index (χ2v) is 6.01. The van der Waals surface area contributed by atoms with Gasteiger partial charge in [0.15, 0.2) is 5.82 Å². The SMILES string of the molecule is CCC(NC(=O)c1cnc(-c2ccccc2)nc1)c1ccc(C)cc1. The van der Waals surface area contributed by atoms with Gasteiger partial charge in [0.2, 0.25) is 0 Å². The summed E-state index contributed by atoms with van der Waals surface area (Å²) in [5, 5.41) is 3.06. The molecule has 4 nitrogen and oxygen atoms in total. The summed E-state index contributed by atoms with van der Waals surface area (Å²) in [6.45, 7) is 4.11. The molecule has 1 unspecified atom stereocenters. The largest absolute Gasteiger partial charge is 0.345 e. The molecule has 3 aromatic rings. The van der Waals surface area contributed by atoms with Gasteiger partial charge in [-0.05, 0) is 18.9 Å². The molecule has 1 atom stereocenters. The second kappa shape index (κ2) is 7.71. The third-order valence-electron chi connectivity index (χ3n) is 4.14. The standard InChI is InChI=1S/C21H21N3O/c1-3-19(16-11-9-15(2)10-12-16)24-21(25)18-13-22-20(23-14-18)17-7-5-4-6-8-17/h4-14,19H,3H2,1-2H3,(H,24,25). The zero-order valence-electron chi connectivity index (χ0n) is 14.4. The van der Waals surface area contributed by atoms with Crippen molar-refractivity contribution < 1.29 is 4.79 Å². The van der Waals surface area contributed by atoms with E-state index in [1.807, 2.05) is 30.3 Å². The van der Waals surface area contributed by atoms with Crippen molar-refractivity contribution in [1.29, 1.82) is 0 Å². The predicted octanol–water partition coefficient (Wildman–Crippen LogP) is 4.33. The molecule has 0 saturated carbocycles. The van der Waals surface area contributed by atoms with Crippen LogP contribution in [0.4, 0.5) is 0 Å². The molecule has 4 heteroatoms. The van der Waals surface area contributed by atoms with Gasteiger partial charge in [-0.1, -0.05) is 67.1 Å². The summed E-state index contributed by atoms with van der Waals surface area (Å²) in [6, 6.07) is 17.9. The first-order valence-corrected chi connectivity index (χ1v) is 8.42. The molecule has 1 aromatic heterocycles. The van der Waals surface area contributed by atoms with Gasteiger partial charge >= 0.3 is 0 Å². The molecule has 126 valence electrons. The van der Waals surface area contributed by atoms with E-state index in [1.165, 1.54) is 5.56 Å². The van der Waals surface area contributed by atoms with E-state index in [2.05, 4.69) is 53.4 Å². The lowest BCUT2D eigenvalue weighted by Crippen LogP contribution is -2.28. The Morgan fingerprint density at radius 3 is 2.24 bits per heavy atom. The lowest BCUT2D eigenvalue weighted by atomic mass is 10.0. The number of hydrogen-bond acceptors (Lipinski definition) is 3. The highest BCUT2D eigenvalue weighted by atomic mass is 16.1. The molecule has 3 rings (SSSR count). The van der Waals surface area contributed by atoms with Gasteiger partial charge in [0, 0.05) is 18.0 Å². The first kappa shape index (κ1) is 16.8. The number of hydrogen-bond donors (Lipinski definition) is 1. The zero-order chi connectivity index (χ0) is 17.6. The molecule has 0 aliphatic rings. The van der Waals surface area contributed by atoms with E-state index >= 15 is 0 Å². The van der Waals surface area contributed by atoms with Gasteiger partial charge in [-0.25, -0.2) is 9.97 Å². The molecule has 1 amide bonds. The molecule has 25 heavy (non-hydrogen) atoms. The smallest absolute Gasteiger partial charge is 0.254 e. The van der Waals surface area contributed by atoms with E-state index in [9.17, 15) is 4.79 Å². The van der Waals surface area contributed by atoms with Crippen LogP contribution < -0.4 is 5.32 Å². The van der Waals surface area contributed by atoms with Crippen molar-refractivity contribution in [3.05, 3.63) is 83.7 Å². The molecule has 0 aliphatic heterocycles. The van der Waals surface area contributed by atoms with Crippen LogP contribution in [0.3, 0.4) is 0 Å². The average Bonchev–Trinajstić information content (AvgIpc) is 2.67. The van der Waals surface area contributed by atoms with Crippen molar-refractivity contribution in [1.82, 2.24) is 15.3 Å². The number of amides is 1. The van der Waals surface area contributed by atoms with Crippen molar-refractivity contribution in [3.63, 3.8) is 0 Å². The van der Waals surface area contributed by atoms with Gasteiger partial charge in [-0.15, -0.1) is 0 Å². The molecule has 0 bridgehead atoms. The second-order valence-electron chi connectivity index (χ2n) is 6.01. The van der Waals surface area contributed by atoms with Crippen LogP contribution in [0.15, 0.2) is 67.0 Å². The van der Waals surface area contributed by atoms with Crippen LogP contribution in [0.25, 0.3) is 11.4 Å². The minimum absolute atomic E-state index is 0.0260. The molecule has 0 saturated heterocycles. The Morgan fingerprint density at radius 1 is 1.00 bits per heavy atom. The highest BCUT2D eigenvalue weighted by molar-refractivity contribution is 5.94. The van der Waals surface area contributed by atoms with E-state index in [4.69, 9.17) is 0 Å². The third-order valence-corrected chi connectivity index (χ3v) is 4.14. The Balaban J connectivity index is 1.73. The number of aryl methyl sites for hydroxylation is 1. The Labute approximate surface area is 148 Å². The minimum atomic E-state index is -0.160. The first-order chi connectivity index (χ1) is 12.2. The van der Waals surface area contributed by atoms with Gasteiger partial charge in [0.05, 0.1) is 11.6 Å². The van der Waals surface area contributed by atoms with E-state index in [0.717, 1.165) is 17.5 Å². The maximum absolute atomic E-state index is 12.5. The van der Waals surface area contributed by atoms with Crippen molar-refractivity contribution >= 4 is 5.91 Å². The van der Waals surface area contributed by atoms with E-state index in [-0.39, 0.29) is 11.9 Å². The molecule has 0 spiro atoms. The molecule has 2 aromatic carbocycles. The normalized spacial score (nSPS) is 11.8. The van der Waals surface area contributed by atoms with E-state index in [1.54, 1.807) is 12.4 Å². The maximum atomic E-state index is 12.5. The molecular weight excluding hydrogens is 310 g/mol. The van der Waals surface area contributed by atoms with Crippen molar-refractivity contribution in [2.24, 2.45) is 0 Å². The van der Waals surface area contributed by atoms with Crippen LogP contribution in [-0.2, 0) is 0 Å². The quantitative estimate of drug-likeness (QED) is 0.757. The minimum Gasteiger partial charge on any atom is -0.345 e. The fourth-order valence-corrected chi connectivity index (χ4v) is 2.64. The summed E-state index contributed by atoms with van der Waals surface area (Å²) in [5.41, 5.74) is 3.70. The van der Waals surface area contributed by atoms with Crippen LogP contribution in [-0.4, -0.2) is 15.9 Å². The maximum Gasteiger partial charge on any atom is 0.254 e. The number of rotatable bonds is 5. The summed E-state index contributed by atoms with van der Waals surface area (Å²) >= 11 is 0. The van der Waals surface area contributed by atoms with Crippen LogP contribution in [0.1, 0.15) is 40.9 Å². The van der Waals surface area contributed by atoms with Gasteiger partial charge in [-0.3, -0.25) is 4.79 Å². The lowest BCUT2D eigenvalue weighted by Gasteiger charge is -2.17. The average molecular weight is 331 g/mol. The first-order valence-electron chi connectivity index (χ1n) is 8.42. The summed E-state index contributed by atoms with van der Waals surface area (Å²) in [5.74, 6) is 0.453. The van der Waals surface area contributed by atoms with Crippen LogP contribution in [0, 0.1) is 6.92 Å². The van der Waals surface area contributed by atoms with E-state index < -0.39 is 0 Å². The fraction of sp³-hybridized carbons (Fsp3) is 0.190. The molecule has 0 aliphatic carbocycles. The molecule has 1 N–H and O–H groups in total. The Morgan fingerprint density at radius 2 is 1.64 bits per heavy atom. The number of carbonyl (C=O) groups is 1. The van der Waals surface area contributed by atoms with Gasteiger partial charge < -0.3 is 5.32 Å². The number of nitrogens with zero attached hydrogens (tertiary/aromatic N) is 2. The number of nitrogens with one attached hydrogen (secondary N) is 1. The van der Waals surface area contributed by atoms with Crippen LogP contribution in [0.2, 0.25) is 0 Å². The topological polar surface area (TPSA) is 54.9 Å². The molecular formula is C21H21N3O. The van der Waals surface area contributed by atoms with Gasteiger partial charge in [0.1, 0.15) is 0 Å². The lowest BCUT2D eigenvalue weighted by molar-refractivity contribution is 0.0935. The summed E-state index contributed by atoms with van der Waals surface area (Å²) in [4.78, 5) is 21.1. The molecule has 1 heterocycles. The third kappa shape index (κ3) is 4.10. The van der Waals surface area contributed by atoms with Crippen molar-refractivity contribution in [2.45, 2.75) is 26.3 Å². The summed E-state index contributed by atoms with van der Waals surface area (Å²) in [6.07, 6.45) is 3.97. The Kier molecular flexibility index (Phi) is 5.19. The monoisotopic (exact) mass is 331 g/mol. The summed E-state index contributed by atoms with van der Waals surface area (Å²) in [7, 11) is 0. The predicted molar refractivity (Wildman–Crippen MR) is 99.1 cm³/mol. The van der Waals surface area contributed by atoms with Gasteiger partial charge in [-0.2, -0.15) is 0 Å². The number of carbonyl (C=O) groups excluding carboxylic acids is 1. The summed E-state index contributed by atoms with van der Waals surface area (Å²) < 4.78 is 0. The Bertz CT molecular complexity index is 827. The van der Waals surface area contributed by atoms with Crippen LogP contribution >= 0.6 is 0 Å². The van der Waals surface area contributed by atoms with Crippen molar-refractivity contribution in [3.8, 4) is 11.4 Å². The number of benzene rings is 2. The zero-order valence-corrected chi connectivity index (χ0v) is 14.4. The van der Waals surface area contributed by atoms with E-state index in [0.29, 0.717) is 11.4 Å². The Hall–Kier alpha value is -3.01. The number of aromatic nitrogens is 2. The highest BCUT2D eigenvalue weighted by Crippen LogP contribution is 2.18. The highest BCUT2D eigenvalue weighted by Gasteiger charge is 2.15. The van der Waals surface area contributed by atoms with Gasteiger partial charge in [0.25, 0.3) is 5.91 Å². The van der Waals surface area contributed by atoms with Crippen molar-refractivity contribution in [2.75, 3.05) is 0 Å². The fourth-order valence-electron chi connectivity index (χ4n) is 2.64. The van der Waals surface area contributed by atoms with Crippen LogP contribution in [0.5, 0.6) is 0 Å². The molecule has 0 fully saturated rings. The molecule has 0 radical (unpaired) electrons.